The first-order valence-electron chi connectivity index (χ1n) is 8.28. The Morgan fingerprint density at radius 1 is 0.692 bits per heavy atom. The molecule has 2 aromatic carbocycles. The van der Waals surface area contributed by atoms with Crippen LogP contribution in [0.5, 0.6) is 0 Å². The zero-order valence-electron chi connectivity index (χ0n) is 14.1. The largest absolute Gasteiger partial charge is 0.478 e. The third-order valence-corrected chi connectivity index (χ3v) is 4.23. The molecule has 0 heterocycles. The number of carboxylic acids is 2. The topological polar surface area (TPSA) is 74.6 Å². The molecule has 0 fully saturated rings. The number of aryl methyl sites for hydroxylation is 2. The Balaban J connectivity index is 0.000000269. The van der Waals surface area contributed by atoms with E-state index in [0.29, 0.717) is 18.4 Å². The monoisotopic (exact) mass is 346 g/mol. The predicted molar refractivity (Wildman–Crippen MR) is 99.6 cm³/mol. The zero-order valence-corrected chi connectivity index (χ0v) is 14.1. The normalized spacial score (nSPS) is 10.5. The van der Waals surface area contributed by atoms with Crippen molar-refractivity contribution in [3.05, 3.63) is 95.1 Å². The van der Waals surface area contributed by atoms with E-state index in [1.807, 2.05) is 30.3 Å². The van der Waals surface area contributed by atoms with Crippen molar-refractivity contribution < 1.29 is 19.8 Å². The molecule has 2 aliphatic rings. The fraction of sp³-hybridized carbons (Fsp3) is 0.0909. The number of hydrogen-bond donors (Lipinski definition) is 2. The van der Waals surface area contributed by atoms with Gasteiger partial charge in [-0.25, -0.2) is 9.59 Å². The van der Waals surface area contributed by atoms with E-state index in [4.69, 9.17) is 5.11 Å². The van der Waals surface area contributed by atoms with Crippen LogP contribution in [-0.4, -0.2) is 22.2 Å². The van der Waals surface area contributed by atoms with E-state index in [9.17, 15) is 14.7 Å². The smallest absolute Gasteiger partial charge is 0.335 e. The van der Waals surface area contributed by atoms with Crippen molar-refractivity contribution in [2.24, 2.45) is 0 Å². The van der Waals surface area contributed by atoms with Crippen molar-refractivity contribution in [2.45, 2.75) is 12.8 Å². The number of carbonyl (C=O) groups is 2. The molecule has 0 bridgehead atoms. The van der Waals surface area contributed by atoms with Crippen LogP contribution in [0.2, 0.25) is 0 Å². The second-order valence-corrected chi connectivity index (χ2v) is 6.05. The number of hydrogen-bond acceptors (Lipinski definition) is 2. The van der Waals surface area contributed by atoms with Crippen molar-refractivity contribution in [1.29, 1.82) is 0 Å². The van der Waals surface area contributed by atoms with Gasteiger partial charge < -0.3 is 10.2 Å². The van der Waals surface area contributed by atoms with E-state index in [2.05, 4.69) is 24.3 Å². The van der Waals surface area contributed by atoms with Gasteiger partial charge in [0.15, 0.2) is 0 Å². The standard InChI is InChI=1S/C16H14O4.C6H4/c17-15(18)13-9-8-12(14(10-13)16(19)20)7-6-11-4-2-1-3-5-11;1-2-5-4-6(5)3-1/h1-5,8-10H,6-7H2,(H,17,18)(H,19,20);1-4H. The number of benzene rings is 3. The van der Waals surface area contributed by atoms with Crippen LogP contribution in [0.1, 0.15) is 31.8 Å². The Labute approximate surface area is 151 Å². The lowest BCUT2D eigenvalue weighted by Gasteiger charge is -2.07. The van der Waals surface area contributed by atoms with Crippen LogP contribution >= 0.6 is 0 Å². The quantitative estimate of drug-likeness (QED) is 0.556. The first-order valence-corrected chi connectivity index (χ1v) is 8.28. The van der Waals surface area contributed by atoms with Crippen LogP contribution in [-0.2, 0) is 12.8 Å². The number of rotatable bonds is 5. The summed E-state index contributed by atoms with van der Waals surface area (Å²) in [7, 11) is 0. The summed E-state index contributed by atoms with van der Waals surface area (Å²) < 4.78 is 0. The van der Waals surface area contributed by atoms with Gasteiger partial charge in [0.1, 0.15) is 0 Å². The van der Waals surface area contributed by atoms with Gasteiger partial charge in [-0.15, -0.1) is 0 Å². The van der Waals surface area contributed by atoms with Gasteiger partial charge in [0.05, 0.1) is 11.1 Å². The van der Waals surface area contributed by atoms with Crippen LogP contribution < -0.4 is 0 Å². The van der Waals surface area contributed by atoms with Gasteiger partial charge in [0.2, 0.25) is 0 Å². The van der Waals surface area contributed by atoms with Crippen LogP contribution in [0.25, 0.3) is 11.1 Å². The molecular formula is C22H18O4. The highest BCUT2D eigenvalue weighted by Crippen LogP contribution is 2.32. The molecule has 26 heavy (non-hydrogen) atoms. The second kappa shape index (κ2) is 7.66. The number of carboxylic acid groups (broad SMARTS) is 2. The van der Waals surface area contributed by atoms with Gasteiger partial charge in [-0.05, 0) is 53.3 Å². The van der Waals surface area contributed by atoms with Gasteiger partial charge in [0.25, 0.3) is 0 Å². The highest BCUT2D eigenvalue weighted by atomic mass is 16.4. The lowest BCUT2D eigenvalue weighted by Crippen LogP contribution is -2.07. The zero-order chi connectivity index (χ0) is 18.5. The number of aromatic carboxylic acids is 2. The Morgan fingerprint density at radius 3 is 1.88 bits per heavy atom. The maximum Gasteiger partial charge on any atom is 0.335 e. The molecule has 4 heteroatoms. The maximum absolute atomic E-state index is 11.2. The fourth-order valence-corrected chi connectivity index (χ4v) is 2.73. The van der Waals surface area contributed by atoms with E-state index in [1.165, 1.54) is 23.3 Å². The van der Waals surface area contributed by atoms with Gasteiger partial charge in [0, 0.05) is 0 Å². The third-order valence-electron chi connectivity index (χ3n) is 4.23. The van der Waals surface area contributed by atoms with E-state index in [-0.39, 0.29) is 11.1 Å². The van der Waals surface area contributed by atoms with Crippen LogP contribution in [0.4, 0.5) is 0 Å². The van der Waals surface area contributed by atoms with Crippen molar-refractivity contribution in [1.82, 2.24) is 0 Å². The Hall–Kier alpha value is -3.40. The minimum Gasteiger partial charge on any atom is -0.478 e. The Morgan fingerprint density at radius 2 is 1.38 bits per heavy atom. The first kappa shape index (κ1) is 17.4. The van der Waals surface area contributed by atoms with Crippen molar-refractivity contribution >= 4 is 11.9 Å². The Kier molecular flexibility index (Phi) is 5.13. The van der Waals surface area contributed by atoms with E-state index in [0.717, 1.165) is 5.56 Å². The summed E-state index contributed by atoms with van der Waals surface area (Å²) in [4.78, 5) is 22.1. The molecule has 4 rings (SSSR count). The molecule has 4 nitrogen and oxygen atoms in total. The van der Waals surface area contributed by atoms with Crippen LogP contribution in [0.3, 0.4) is 0 Å². The SMILES string of the molecule is O=C(O)c1ccc(CCc2ccccc2)c(C(=O)O)c1.c1cc2cc-2c1. The van der Waals surface area contributed by atoms with Crippen LogP contribution in [0.15, 0.2) is 72.8 Å². The average molecular weight is 346 g/mol. The Bertz CT molecular complexity index is 928. The van der Waals surface area contributed by atoms with E-state index in [1.54, 1.807) is 6.07 Å². The molecule has 0 amide bonds. The highest BCUT2D eigenvalue weighted by molar-refractivity contribution is 5.94. The van der Waals surface area contributed by atoms with Crippen molar-refractivity contribution in [3.8, 4) is 11.1 Å². The third kappa shape index (κ3) is 4.36. The molecule has 2 aromatic rings. The van der Waals surface area contributed by atoms with Crippen molar-refractivity contribution in [2.75, 3.05) is 0 Å². The molecular weight excluding hydrogens is 328 g/mol. The molecule has 0 aromatic heterocycles. The fourth-order valence-electron chi connectivity index (χ4n) is 2.73. The van der Waals surface area contributed by atoms with E-state index < -0.39 is 11.9 Å². The lowest BCUT2D eigenvalue weighted by molar-refractivity contribution is 0.0695. The summed E-state index contributed by atoms with van der Waals surface area (Å²) >= 11 is 0. The summed E-state index contributed by atoms with van der Waals surface area (Å²) in [6.45, 7) is 0. The van der Waals surface area contributed by atoms with Gasteiger partial charge in [-0.1, -0.05) is 54.6 Å². The number of fused-ring (bicyclic) bond motifs is 1. The summed E-state index contributed by atoms with van der Waals surface area (Å²) in [6.07, 6.45) is 1.28. The molecule has 0 spiro atoms. The van der Waals surface area contributed by atoms with E-state index >= 15 is 0 Å². The molecule has 2 aliphatic carbocycles. The van der Waals surface area contributed by atoms with Gasteiger partial charge in [-0.3, -0.25) is 0 Å². The van der Waals surface area contributed by atoms with Gasteiger partial charge in [-0.2, -0.15) is 0 Å². The molecule has 2 N–H and O–H groups in total. The predicted octanol–water partition coefficient (Wildman–Crippen LogP) is 4.54. The summed E-state index contributed by atoms with van der Waals surface area (Å²) in [6, 6.07) is 22.5. The second-order valence-electron chi connectivity index (χ2n) is 6.05. The molecule has 0 radical (unpaired) electrons. The molecule has 0 saturated heterocycles. The molecule has 0 atom stereocenters. The highest BCUT2D eigenvalue weighted by Gasteiger charge is 2.13. The maximum atomic E-state index is 11.2. The minimum atomic E-state index is -1.12. The van der Waals surface area contributed by atoms with Crippen molar-refractivity contribution in [3.63, 3.8) is 0 Å². The summed E-state index contributed by atoms with van der Waals surface area (Å²) in [5, 5.41) is 18.1. The lowest BCUT2D eigenvalue weighted by atomic mass is 9.98. The van der Waals surface area contributed by atoms with Crippen LogP contribution in [0, 0.1) is 0 Å². The summed E-state index contributed by atoms with van der Waals surface area (Å²) in [5.41, 5.74) is 4.66. The molecule has 0 saturated carbocycles. The minimum absolute atomic E-state index is 0.00846. The molecule has 130 valence electrons. The molecule has 0 unspecified atom stereocenters. The first-order chi connectivity index (χ1) is 12.5. The average Bonchev–Trinajstić information content (AvgIpc) is 3.26. The summed E-state index contributed by atoms with van der Waals surface area (Å²) in [5.74, 6) is -2.22. The molecule has 0 aliphatic heterocycles. The van der Waals surface area contributed by atoms with Gasteiger partial charge >= 0.3 is 11.9 Å².